The van der Waals surface area contributed by atoms with E-state index in [1.165, 1.54) is 4.90 Å². The molecule has 0 saturated heterocycles. The second-order valence-corrected chi connectivity index (χ2v) is 5.03. The molecule has 0 aliphatic heterocycles. The standard InChI is InChI=1S/C15H19N3O2/c1-6-7-10-11(15(20)17(3)4)8-12-13(14(10)19)16-9(2)18(12)5/h6,8,19H,1,7H2,2-5H3. The van der Waals surface area contributed by atoms with Crippen molar-refractivity contribution in [3.05, 3.63) is 35.7 Å². The highest BCUT2D eigenvalue weighted by molar-refractivity contribution is 6.01. The highest BCUT2D eigenvalue weighted by Gasteiger charge is 2.21. The Morgan fingerprint density at radius 1 is 1.55 bits per heavy atom. The average Bonchev–Trinajstić information content (AvgIpc) is 2.69. The van der Waals surface area contributed by atoms with Gasteiger partial charge in [-0.1, -0.05) is 6.08 Å². The number of aromatic hydroxyl groups is 1. The van der Waals surface area contributed by atoms with Gasteiger partial charge in [0.15, 0.2) is 0 Å². The normalized spacial score (nSPS) is 10.8. The Balaban J connectivity index is 2.83. The number of fused-ring (bicyclic) bond motifs is 1. The first-order valence-electron chi connectivity index (χ1n) is 6.38. The van der Waals surface area contributed by atoms with Crippen molar-refractivity contribution in [1.82, 2.24) is 14.5 Å². The second-order valence-electron chi connectivity index (χ2n) is 5.03. The lowest BCUT2D eigenvalue weighted by Crippen LogP contribution is -2.23. The summed E-state index contributed by atoms with van der Waals surface area (Å²) in [6, 6.07) is 1.79. The van der Waals surface area contributed by atoms with Crippen LogP contribution >= 0.6 is 0 Å². The first kappa shape index (κ1) is 14.1. The molecule has 0 saturated carbocycles. The number of aromatic nitrogens is 2. The Morgan fingerprint density at radius 3 is 2.75 bits per heavy atom. The molecule has 0 aliphatic rings. The van der Waals surface area contributed by atoms with Crippen molar-refractivity contribution < 1.29 is 9.90 Å². The van der Waals surface area contributed by atoms with Gasteiger partial charge in [0, 0.05) is 32.3 Å². The summed E-state index contributed by atoms with van der Waals surface area (Å²) in [5, 5.41) is 10.4. The maximum Gasteiger partial charge on any atom is 0.253 e. The van der Waals surface area contributed by atoms with Crippen LogP contribution in [-0.2, 0) is 13.5 Å². The van der Waals surface area contributed by atoms with Gasteiger partial charge in [0.1, 0.15) is 17.1 Å². The van der Waals surface area contributed by atoms with E-state index < -0.39 is 0 Å². The minimum Gasteiger partial charge on any atom is -0.505 e. The van der Waals surface area contributed by atoms with Crippen LogP contribution in [0.3, 0.4) is 0 Å². The molecule has 1 aromatic carbocycles. The number of rotatable bonds is 3. The lowest BCUT2D eigenvalue weighted by Gasteiger charge is -2.15. The quantitative estimate of drug-likeness (QED) is 0.870. The van der Waals surface area contributed by atoms with E-state index in [-0.39, 0.29) is 11.7 Å². The molecule has 0 spiro atoms. The average molecular weight is 273 g/mol. The fourth-order valence-electron chi connectivity index (χ4n) is 2.24. The number of phenolic OH excluding ortho intramolecular Hbond substituents is 1. The van der Waals surface area contributed by atoms with E-state index in [1.54, 1.807) is 26.2 Å². The predicted molar refractivity (Wildman–Crippen MR) is 79.0 cm³/mol. The van der Waals surface area contributed by atoms with Gasteiger partial charge in [-0.15, -0.1) is 6.58 Å². The first-order chi connectivity index (χ1) is 9.38. The van der Waals surface area contributed by atoms with Crippen LogP contribution in [-0.4, -0.2) is 39.6 Å². The second kappa shape index (κ2) is 5.00. The van der Waals surface area contributed by atoms with Crippen molar-refractivity contribution in [2.45, 2.75) is 13.3 Å². The van der Waals surface area contributed by atoms with Crippen LogP contribution in [0, 0.1) is 6.92 Å². The number of benzene rings is 1. The van der Waals surface area contributed by atoms with E-state index in [9.17, 15) is 9.90 Å². The van der Waals surface area contributed by atoms with Gasteiger partial charge < -0.3 is 14.6 Å². The van der Waals surface area contributed by atoms with E-state index in [0.717, 1.165) is 11.3 Å². The van der Waals surface area contributed by atoms with Gasteiger partial charge in [0.2, 0.25) is 0 Å². The number of carbonyl (C=O) groups is 1. The molecule has 5 heteroatoms. The number of nitrogens with zero attached hydrogens (tertiary/aromatic N) is 3. The zero-order chi connectivity index (χ0) is 15.0. The lowest BCUT2D eigenvalue weighted by molar-refractivity contribution is 0.0826. The SMILES string of the molecule is C=CCc1c(C(=O)N(C)C)cc2c(nc(C)n2C)c1O. The van der Waals surface area contributed by atoms with E-state index in [4.69, 9.17) is 0 Å². The van der Waals surface area contributed by atoms with Crippen LogP contribution in [0.1, 0.15) is 21.7 Å². The van der Waals surface area contributed by atoms with Gasteiger partial charge >= 0.3 is 0 Å². The first-order valence-corrected chi connectivity index (χ1v) is 6.38. The molecule has 1 N–H and O–H groups in total. The van der Waals surface area contributed by atoms with Gasteiger partial charge in [-0.05, 0) is 19.4 Å². The Kier molecular flexibility index (Phi) is 3.53. The molecular formula is C15H19N3O2. The van der Waals surface area contributed by atoms with Crippen molar-refractivity contribution in [1.29, 1.82) is 0 Å². The molecule has 2 aromatic rings. The molecule has 106 valence electrons. The summed E-state index contributed by atoms with van der Waals surface area (Å²) in [5.74, 6) is 0.712. The number of amides is 1. The number of hydrogen-bond donors (Lipinski definition) is 1. The van der Waals surface area contributed by atoms with Crippen molar-refractivity contribution in [2.75, 3.05) is 14.1 Å². The maximum atomic E-state index is 12.3. The highest BCUT2D eigenvalue weighted by atomic mass is 16.3. The minimum absolute atomic E-state index is 0.0660. The number of hydrogen-bond acceptors (Lipinski definition) is 3. The largest absolute Gasteiger partial charge is 0.505 e. The third-order valence-electron chi connectivity index (χ3n) is 3.46. The number of phenols is 1. The smallest absolute Gasteiger partial charge is 0.253 e. The van der Waals surface area contributed by atoms with Crippen molar-refractivity contribution in [2.24, 2.45) is 7.05 Å². The van der Waals surface area contributed by atoms with Gasteiger partial charge in [0.05, 0.1) is 5.52 Å². The molecule has 1 amide bonds. The van der Waals surface area contributed by atoms with E-state index in [1.807, 2.05) is 18.5 Å². The molecule has 5 nitrogen and oxygen atoms in total. The Morgan fingerprint density at radius 2 is 2.20 bits per heavy atom. The van der Waals surface area contributed by atoms with E-state index >= 15 is 0 Å². The highest BCUT2D eigenvalue weighted by Crippen LogP contribution is 2.32. The van der Waals surface area contributed by atoms with E-state index in [2.05, 4.69) is 11.6 Å². The molecule has 0 aliphatic carbocycles. The summed E-state index contributed by atoms with van der Waals surface area (Å²) in [6.45, 7) is 5.54. The molecular weight excluding hydrogens is 254 g/mol. The molecule has 2 rings (SSSR count). The fraction of sp³-hybridized carbons (Fsp3) is 0.333. The molecule has 0 fully saturated rings. The molecule has 1 aromatic heterocycles. The lowest BCUT2D eigenvalue weighted by atomic mass is 10.0. The summed E-state index contributed by atoms with van der Waals surface area (Å²) < 4.78 is 1.86. The van der Waals surface area contributed by atoms with Crippen molar-refractivity contribution in [3.63, 3.8) is 0 Å². The van der Waals surface area contributed by atoms with Crippen molar-refractivity contribution in [3.8, 4) is 5.75 Å². The number of carbonyl (C=O) groups excluding carboxylic acids is 1. The Hall–Kier alpha value is -2.30. The zero-order valence-corrected chi connectivity index (χ0v) is 12.3. The predicted octanol–water partition coefficient (Wildman–Crippen LogP) is 2.02. The van der Waals surface area contributed by atoms with Crippen molar-refractivity contribution >= 4 is 16.9 Å². The van der Waals surface area contributed by atoms with Crippen LogP contribution in [0.4, 0.5) is 0 Å². The Labute approximate surface area is 118 Å². The topological polar surface area (TPSA) is 58.4 Å². The monoisotopic (exact) mass is 273 g/mol. The van der Waals surface area contributed by atoms with Crippen LogP contribution in [0.25, 0.3) is 11.0 Å². The third kappa shape index (κ3) is 2.05. The zero-order valence-electron chi connectivity index (χ0n) is 12.3. The molecule has 0 bridgehead atoms. The molecule has 0 atom stereocenters. The van der Waals surface area contributed by atoms with E-state index in [0.29, 0.717) is 23.1 Å². The third-order valence-corrected chi connectivity index (χ3v) is 3.46. The van der Waals surface area contributed by atoms with Crippen LogP contribution in [0.15, 0.2) is 18.7 Å². The van der Waals surface area contributed by atoms with Gasteiger partial charge in [-0.3, -0.25) is 4.79 Å². The summed E-state index contributed by atoms with van der Waals surface area (Å²) in [6.07, 6.45) is 2.09. The maximum absolute atomic E-state index is 12.3. The molecule has 0 unspecified atom stereocenters. The molecule has 20 heavy (non-hydrogen) atoms. The fourth-order valence-corrected chi connectivity index (χ4v) is 2.24. The van der Waals surface area contributed by atoms with Crippen LogP contribution in [0.5, 0.6) is 5.75 Å². The number of imidazole rings is 1. The van der Waals surface area contributed by atoms with Gasteiger partial charge in [-0.25, -0.2) is 4.98 Å². The molecule has 0 radical (unpaired) electrons. The summed E-state index contributed by atoms with van der Waals surface area (Å²) >= 11 is 0. The summed E-state index contributed by atoms with van der Waals surface area (Å²) in [4.78, 5) is 18.2. The summed E-state index contributed by atoms with van der Waals surface area (Å²) in [5.41, 5.74) is 2.34. The Bertz CT molecular complexity index is 699. The van der Waals surface area contributed by atoms with Crippen LogP contribution in [0.2, 0.25) is 0 Å². The van der Waals surface area contributed by atoms with Crippen LogP contribution < -0.4 is 0 Å². The minimum atomic E-state index is -0.141. The number of allylic oxidation sites excluding steroid dienone is 1. The van der Waals surface area contributed by atoms with Gasteiger partial charge in [0.25, 0.3) is 5.91 Å². The summed E-state index contributed by atoms with van der Waals surface area (Å²) in [7, 11) is 5.24. The van der Waals surface area contributed by atoms with Gasteiger partial charge in [-0.2, -0.15) is 0 Å². The number of aryl methyl sites for hydroxylation is 2. The molecule has 1 heterocycles.